The number of nitrogens with two attached hydrogens (primary N) is 1. The van der Waals surface area contributed by atoms with Crippen LogP contribution in [0.2, 0.25) is 0 Å². The van der Waals surface area contributed by atoms with Gasteiger partial charge in [0, 0.05) is 6.04 Å². The second-order valence-electron chi connectivity index (χ2n) is 6.12. The van der Waals surface area contributed by atoms with Gasteiger partial charge in [0.25, 0.3) is 0 Å². The van der Waals surface area contributed by atoms with Crippen LogP contribution in [0.15, 0.2) is 0 Å². The van der Waals surface area contributed by atoms with Crippen molar-refractivity contribution >= 4 is 17.9 Å². The maximum Gasteiger partial charge on any atom is 0.326 e. The Morgan fingerprint density at radius 2 is 1.85 bits per heavy atom. The number of amides is 3. The second kappa shape index (κ2) is 6.58. The Hall–Kier alpha value is -1.79. The van der Waals surface area contributed by atoms with Crippen molar-refractivity contribution in [1.82, 2.24) is 10.6 Å². The van der Waals surface area contributed by atoms with E-state index in [2.05, 4.69) is 24.5 Å². The standard InChI is InChI=1S/C13H23N3O4/c1-13(2)5-3-8(4-6-13)15-12(20)16-9(11(18)19)7-10(14)17/h8-9H,3-7H2,1-2H3,(H2,14,17)(H,18,19)(H2,15,16,20). The summed E-state index contributed by atoms with van der Waals surface area (Å²) in [4.78, 5) is 33.4. The summed E-state index contributed by atoms with van der Waals surface area (Å²) in [5.41, 5.74) is 5.24. The van der Waals surface area contributed by atoms with E-state index in [4.69, 9.17) is 10.8 Å². The molecule has 0 spiro atoms. The van der Waals surface area contributed by atoms with Gasteiger partial charge in [0.2, 0.25) is 5.91 Å². The molecule has 1 aliphatic rings. The third kappa shape index (κ3) is 5.46. The maximum atomic E-state index is 11.7. The molecule has 1 atom stereocenters. The lowest BCUT2D eigenvalue weighted by molar-refractivity contribution is -0.140. The van der Waals surface area contributed by atoms with Crippen LogP contribution in [0, 0.1) is 5.41 Å². The molecular formula is C13H23N3O4. The van der Waals surface area contributed by atoms with Crippen molar-refractivity contribution in [1.29, 1.82) is 0 Å². The van der Waals surface area contributed by atoms with E-state index in [1.54, 1.807) is 0 Å². The molecule has 0 saturated heterocycles. The van der Waals surface area contributed by atoms with Gasteiger partial charge < -0.3 is 21.5 Å². The molecule has 0 aromatic carbocycles. The average Bonchev–Trinajstić information content (AvgIpc) is 2.30. The van der Waals surface area contributed by atoms with Crippen molar-refractivity contribution < 1.29 is 19.5 Å². The molecule has 7 heteroatoms. The van der Waals surface area contributed by atoms with Crippen LogP contribution in [0.1, 0.15) is 46.0 Å². The van der Waals surface area contributed by atoms with Gasteiger partial charge in [-0.05, 0) is 31.1 Å². The molecule has 0 aliphatic heterocycles. The lowest BCUT2D eigenvalue weighted by Crippen LogP contribution is -2.51. The molecule has 1 fully saturated rings. The van der Waals surface area contributed by atoms with Gasteiger partial charge in [0.1, 0.15) is 6.04 Å². The van der Waals surface area contributed by atoms with Gasteiger partial charge in [-0.2, -0.15) is 0 Å². The molecule has 20 heavy (non-hydrogen) atoms. The Morgan fingerprint density at radius 1 is 1.30 bits per heavy atom. The second-order valence-corrected chi connectivity index (χ2v) is 6.12. The van der Waals surface area contributed by atoms with E-state index >= 15 is 0 Å². The lowest BCUT2D eigenvalue weighted by Gasteiger charge is -2.34. The summed E-state index contributed by atoms with van der Waals surface area (Å²) in [7, 11) is 0. The summed E-state index contributed by atoms with van der Waals surface area (Å²) in [6, 6.07) is -1.80. The normalized spacial score (nSPS) is 19.9. The molecule has 1 unspecified atom stereocenters. The van der Waals surface area contributed by atoms with Crippen LogP contribution in [-0.2, 0) is 9.59 Å². The van der Waals surface area contributed by atoms with Gasteiger partial charge >= 0.3 is 12.0 Å². The lowest BCUT2D eigenvalue weighted by atomic mass is 9.76. The van der Waals surface area contributed by atoms with Crippen molar-refractivity contribution in [2.75, 3.05) is 0 Å². The highest BCUT2D eigenvalue weighted by molar-refractivity contribution is 5.87. The molecule has 7 nitrogen and oxygen atoms in total. The zero-order valence-electron chi connectivity index (χ0n) is 11.9. The zero-order chi connectivity index (χ0) is 15.3. The summed E-state index contributed by atoms with van der Waals surface area (Å²) in [5.74, 6) is -2.04. The fourth-order valence-corrected chi connectivity index (χ4v) is 2.33. The minimum absolute atomic E-state index is 0.0473. The fraction of sp³-hybridized carbons (Fsp3) is 0.769. The predicted molar refractivity (Wildman–Crippen MR) is 72.9 cm³/mol. The molecule has 0 heterocycles. The fourth-order valence-electron chi connectivity index (χ4n) is 2.33. The first-order valence-corrected chi connectivity index (χ1v) is 6.78. The summed E-state index contributed by atoms with van der Waals surface area (Å²) in [6.07, 6.45) is 3.35. The third-order valence-electron chi connectivity index (χ3n) is 3.68. The first-order chi connectivity index (χ1) is 9.19. The summed E-state index contributed by atoms with van der Waals surface area (Å²) in [5, 5.41) is 13.9. The SMILES string of the molecule is CC1(C)CCC(NC(=O)NC(CC(N)=O)C(=O)O)CC1. The number of primary amides is 1. The average molecular weight is 285 g/mol. The van der Waals surface area contributed by atoms with Gasteiger partial charge in [-0.15, -0.1) is 0 Å². The number of carboxylic acids is 1. The van der Waals surface area contributed by atoms with E-state index in [1.807, 2.05) is 0 Å². The van der Waals surface area contributed by atoms with Crippen molar-refractivity contribution in [3.8, 4) is 0 Å². The molecule has 1 aliphatic carbocycles. The number of hydrogen-bond acceptors (Lipinski definition) is 3. The van der Waals surface area contributed by atoms with Crippen LogP contribution in [-0.4, -0.2) is 35.1 Å². The number of carbonyl (C=O) groups is 3. The third-order valence-corrected chi connectivity index (χ3v) is 3.68. The van der Waals surface area contributed by atoms with Crippen molar-refractivity contribution in [2.24, 2.45) is 11.1 Å². The molecule has 5 N–H and O–H groups in total. The molecule has 0 bridgehead atoms. The Bertz CT molecular complexity index is 385. The van der Waals surface area contributed by atoms with Crippen molar-refractivity contribution in [2.45, 2.75) is 58.0 Å². The smallest absolute Gasteiger partial charge is 0.326 e. The van der Waals surface area contributed by atoms with Crippen LogP contribution in [0.25, 0.3) is 0 Å². The minimum Gasteiger partial charge on any atom is -0.480 e. The van der Waals surface area contributed by atoms with Crippen LogP contribution >= 0.6 is 0 Å². The van der Waals surface area contributed by atoms with E-state index in [0.717, 1.165) is 25.7 Å². The largest absolute Gasteiger partial charge is 0.480 e. The number of hydrogen-bond donors (Lipinski definition) is 4. The molecule has 1 rings (SSSR count). The van der Waals surface area contributed by atoms with E-state index in [1.165, 1.54) is 0 Å². The number of nitrogens with one attached hydrogen (secondary N) is 2. The number of urea groups is 1. The van der Waals surface area contributed by atoms with Gasteiger partial charge in [0.15, 0.2) is 0 Å². The highest BCUT2D eigenvalue weighted by Gasteiger charge is 2.28. The summed E-state index contributed by atoms with van der Waals surface area (Å²) in [6.45, 7) is 4.38. The van der Waals surface area contributed by atoms with Crippen LogP contribution in [0.3, 0.4) is 0 Å². The highest BCUT2D eigenvalue weighted by Crippen LogP contribution is 2.34. The van der Waals surface area contributed by atoms with E-state index in [0.29, 0.717) is 5.41 Å². The van der Waals surface area contributed by atoms with Gasteiger partial charge in [-0.25, -0.2) is 9.59 Å². The van der Waals surface area contributed by atoms with Gasteiger partial charge in [0.05, 0.1) is 6.42 Å². The van der Waals surface area contributed by atoms with Crippen molar-refractivity contribution in [3.05, 3.63) is 0 Å². The summed E-state index contributed by atoms with van der Waals surface area (Å²) < 4.78 is 0. The van der Waals surface area contributed by atoms with Crippen LogP contribution in [0.4, 0.5) is 4.79 Å². The molecule has 3 amide bonds. The van der Waals surface area contributed by atoms with Crippen LogP contribution < -0.4 is 16.4 Å². The Morgan fingerprint density at radius 3 is 2.30 bits per heavy atom. The summed E-state index contributed by atoms with van der Waals surface area (Å²) >= 11 is 0. The van der Waals surface area contributed by atoms with E-state index < -0.39 is 30.4 Å². The monoisotopic (exact) mass is 285 g/mol. The van der Waals surface area contributed by atoms with Crippen LogP contribution in [0.5, 0.6) is 0 Å². The van der Waals surface area contributed by atoms with Gasteiger partial charge in [-0.1, -0.05) is 13.8 Å². The quantitative estimate of drug-likeness (QED) is 0.590. The Kier molecular flexibility index (Phi) is 5.35. The molecule has 114 valence electrons. The number of rotatable bonds is 5. The van der Waals surface area contributed by atoms with E-state index in [9.17, 15) is 14.4 Å². The minimum atomic E-state index is -1.28. The molecule has 0 radical (unpaired) electrons. The first kappa shape index (κ1) is 16.3. The molecule has 0 aromatic heterocycles. The number of aliphatic carboxylic acids is 1. The zero-order valence-corrected chi connectivity index (χ0v) is 11.9. The van der Waals surface area contributed by atoms with Gasteiger partial charge in [-0.3, -0.25) is 4.79 Å². The predicted octanol–water partition coefficient (Wildman–Crippen LogP) is 0.583. The topological polar surface area (TPSA) is 122 Å². The molecular weight excluding hydrogens is 262 g/mol. The first-order valence-electron chi connectivity index (χ1n) is 6.78. The van der Waals surface area contributed by atoms with Crippen molar-refractivity contribution in [3.63, 3.8) is 0 Å². The number of carbonyl (C=O) groups excluding carboxylic acids is 2. The molecule has 1 saturated carbocycles. The van der Waals surface area contributed by atoms with E-state index in [-0.39, 0.29) is 6.04 Å². The highest BCUT2D eigenvalue weighted by atomic mass is 16.4. The maximum absolute atomic E-state index is 11.7. The Labute approximate surface area is 118 Å². The Balaban J connectivity index is 2.42. The molecule has 0 aromatic rings. The number of carboxylic acid groups (broad SMARTS) is 1.